The van der Waals surface area contributed by atoms with Crippen LogP contribution in [0.5, 0.6) is 17.2 Å². The standard InChI is InChI=1S/C23H22N2O6/c1-28-16-3-4-17-18(26)10-22(31-20(17)9-16)23(27)24-15-6-7-25(12-15)11-14-2-5-19-21(8-14)30-13-29-19/h2-5,8-10,15H,6-7,11-13H2,1H3,(H,24,27)/t15-/m0/s1. The minimum absolute atomic E-state index is 0.0000241. The molecular formula is C23H22N2O6. The molecule has 2 aromatic carbocycles. The Labute approximate surface area is 178 Å². The molecule has 0 bridgehead atoms. The zero-order chi connectivity index (χ0) is 21.4. The van der Waals surface area contributed by atoms with Crippen LogP contribution in [0, 0.1) is 0 Å². The highest BCUT2D eigenvalue weighted by molar-refractivity contribution is 5.93. The fraction of sp³-hybridized carbons (Fsp3) is 0.304. The van der Waals surface area contributed by atoms with Gasteiger partial charge in [0, 0.05) is 37.8 Å². The minimum Gasteiger partial charge on any atom is -0.497 e. The average molecular weight is 422 g/mol. The summed E-state index contributed by atoms with van der Waals surface area (Å²) in [6.45, 7) is 2.59. The average Bonchev–Trinajstić information content (AvgIpc) is 3.42. The number of nitrogens with one attached hydrogen (secondary N) is 1. The molecule has 1 N–H and O–H groups in total. The van der Waals surface area contributed by atoms with Crippen molar-refractivity contribution in [1.29, 1.82) is 0 Å². The number of nitrogens with zero attached hydrogens (tertiary/aromatic N) is 1. The van der Waals surface area contributed by atoms with Crippen molar-refractivity contribution in [2.24, 2.45) is 0 Å². The molecule has 0 unspecified atom stereocenters. The smallest absolute Gasteiger partial charge is 0.287 e. The zero-order valence-electron chi connectivity index (χ0n) is 17.1. The normalized spacial score (nSPS) is 17.8. The third kappa shape index (κ3) is 3.94. The maximum Gasteiger partial charge on any atom is 0.287 e. The molecule has 1 saturated heterocycles. The van der Waals surface area contributed by atoms with E-state index >= 15 is 0 Å². The number of rotatable bonds is 5. The summed E-state index contributed by atoms with van der Waals surface area (Å²) in [4.78, 5) is 27.4. The predicted octanol–water partition coefficient (Wildman–Crippen LogP) is 2.53. The molecule has 1 aromatic heterocycles. The van der Waals surface area contributed by atoms with Crippen molar-refractivity contribution in [2.75, 3.05) is 27.0 Å². The van der Waals surface area contributed by atoms with Gasteiger partial charge in [-0.2, -0.15) is 0 Å². The van der Waals surface area contributed by atoms with Crippen molar-refractivity contribution >= 4 is 16.9 Å². The molecule has 1 fully saturated rings. The van der Waals surface area contributed by atoms with Crippen molar-refractivity contribution in [1.82, 2.24) is 10.2 Å². The number of hydrogen-bond acceptors (Lipinski definition) is 7. The second kappa shape index (κ2) is 7.96. The van der Waals surface area contributed by atoms with Crippen molar-refractivity contribution < 1.29 is 23.4 Å². The molecule has 8 nitrogen and oxygen atoms in total. The van der Waals surface area contributed by atoms with Crippen molar-refractivity contribution in [3.63, 3.8) is 0 Å². The summed E-state index contributed by atoms with van der Waals surface area (Å²) < 4.78 is 21.7. The lowest BCUT2D eigenvalue weighted by Crippen LogP contribution is -2.37. The first-order valence-corrected chi connectivity index (χ1v) is 10.1. The Kier molecular flexibility index (Phi) is 4.99. The number of amides is 1. The van der Waals surface area contributed by atoms with E-state index in [0.717, 1.165) is 36.6 Å². The topological polar surface area (TPSA) is 90.2 Å². The van der Waals surface area contributed by atoms with E-state index in [2.05, 4.69) is 10.2 Å². The Morgan fingerprint density at radius 3 is 2.90 bits per heavy atom. The Morgan fingerprint density at radius 1 is 1.16 bits per heavy atom. The lowest BCUT2D eigenvalue weighted by atomic mass is 10.2. The molecule has 3 heterocycles. The van der Waals surface area contributed by atoms with Gasteiger partial charge in [-0.3, -0.25) is 14.5 Å². The summed E-state index contributed by atoms with van der Waals surface area (Å²) in [7, 11) is 1.53. The predicted molar refractivity (Wildman–Crippen MR) is 113 cm³/mol. The van der Waals surface area contributed by atoms with Gasteiger partial charge in [0.05, 0.1) is 12.5 Å². The SMILES string of the molecule is COc1ccc2c(=O)cc(C(=O)N[C@H]3CCN(Cc4ccc5c(c4)OCO5)C3)oc2c1. The summed E-state index contributed by atoms with van der Waals surface area (Å²) >= 11 is 0. The maximum absolute atomic E-state index is 12.7. The Bertz CT molecular complexity index is 1200. The number of hydrogen-bond donors (Lipinski definition) is 1. The number of carbonyl (C=O) groups is 1. The highest BCUT2D eigenvalue weighted by Crippen LogP contribution is 2.33. The number of carbonyl (C=O) groups excluding carboxylic acids is 1. The molecule has 0 saturated carbocycles. The fourth-order valence-corrected chi connectivity index (χ4v) is 4.02. The van der Waals surface area contributed by atoms with Gasteiger partial charge < -0.3 is 23.9 Å². The van der Waals surface area contributed by atoms with Crippen LogP contribution in [0.25, 0.3) is 11.0 Å². The van der Waals surface area contributed by atoms with Crippen LogP contribution in [-0.4, -0.2) is 43.8 Å². The number of methoxy groups -OCH3 is 1. The zero-order valence-corrected chi connectivity index (χ0v) is 17.1. The van der Waals surface area contributed by atoms with Crippen LogP contribution in [0.1, 0.15) is 22.5 Å². The molecule has 0 spiro atoms. The monoisotopic (exact) mass is 422 g/mol. The van der Waals surface area contributed by atoms with Crippen LogP contribution in [-0.2, 0) is 6.54 Å². The summed E-state index contributed by atoms with van der Waals surface area (Å²) in [6.07, 6.45) is 0.821. The quantitative estimate of drug-likeness (QED) is 0.676. The molecular weight excluding hydrogens is 400 g/mol. The van der Waals surface area contributed by atoms with E-state index in [9.17, 15) is 9.59 Å². The molecule has 160 valence electrons. The van der Waals surface area contributed by atoms with Gasteiger partial charge in [0.15, 0.2) is 22.7 Å². The van der Waals surface area contributed by atoms with Gasteiger partial charge >= 0.3 is 0 Å². The Hall–Kier alpha value is -3.52. The van der Waals surface area contributed by atoms with E-state index in [1.807, 2.05) is 18.2 Å². The van der Waals surface area contributed by atoms with Gasteiger partial charge in [0.25, 0.3) is 5.91 Å². The van der Waals surface area contributed by atoms with Crippen LogP contribution in [0.2, 0.25) is 0 Å². The lowest BCUT2D eigenvalue weighted by molar-refractivity contribution is 0.0910. The third-order valence-electron chi connectivity index (χ3n) is 5.61. The van der Waals surface area contributed by atoms with Crippen molar-refractivity contribution in [3.05, 3.63) is 64.0 Å². The molecule has 1 atom stereocenters. The minimum atomic E-state index is -0.392. The molecule has 2 aliphatic rings. The maximum atomic E-state index is 12.7. The van der Waals surface area contributed by atoms with Crippen molar-refractivity contribution in [2.45, 2.75) is 19.0 Å². The number of likely N-dealkylation sites (tertiary alicyclic amines) is 1. The van der Waals surface area contributed by atoms with E-state index in [0.29, 0.717) is 23.3 Å². The van der Waals surface area contributed by atoms with Crippen LogP contribution in [0.3, 0.4) is 0 Å². The van der Waals surface area contributed by atoms with Gasteiger partial charge in [-0.15, -0.1) is 0 Å². The lowest BCUT2D eigenvalue weighted by Gasteiger charge is -2.17. The molecule has 5 rings (SSSR count). The Balaban J connectivity index is 1.24. The van der Waals surface area contributed by atoms with Crippen LogP contribution in [0.15, 0.2) is 51.7 Å². The molecule has 2 aliphatic heterocycles. The third-order valence-corrected chi connectivity index (χ3v) is 5.61. The summed E-state index contributed by atoms with van der Waals surface area (Å²) in [6, 6.07) is 12.1. The molecule has 0 radical (unpaired) electrons. The summed E-state index contributed by atoms with van der Waals surface area (Å²) in [5, 5.41) is 3.39. The highest BCUT2D eigenvalue weighted by atomic mass is 16.7. The summed E-state index contributed by atoms with van der Waals surface area (Å²) in [5.41, 5.74) is 1.20. The largest absolute Gasteiger partial charge is 0.497 e. The fourth-order valence-electron chi connectivity index (χ4n) is 4.02. The first kappa shape index (κ1) is 19.4. The first-order valence-electron chi connectivity index (χ1n) is 10.1. The first-order chi connectivity index (χ1) is 15.1. The van der Waals surface area contributed by atoms with E-state index < -0.39 is 5.91 Å². The number of fused-ring (bicyclic) bond motifs is 2. The second-order valence-corrected chi connectivity index (χ2v) is 7.72. The molecule has 8 heteroatoms. The van der Waals surface area contributed by atoms with Gasteiger partial charge in [0.1, 0.15) is 11.3 Å². The van der Waals surface area contributed by atoms with Gasteiger partial charge in [-0.1, -0.05) is 6.07 Å². The number of benzene rings is 2. The molecule has 1 amide bonds. The van der Waals surface area contributed by atoms with Crippen molar-refractivity contribution in [3.8, 4) is 17.2 Å². The van der Waals surface area contributed by atoms with Crippen LogP contribution >= 0.6 is 0 Å². The Morgan fingerprint density at radius 2 is 2.03 bits per heavy atom. The molecule has 3 aromatic rings. The van der Waals surface area contributed by atoms with Gasteiger partial charge in [0.2, 0.25) is 6.79 Å². The molecule has 31 heavy (non-hydrogen) atoms. The van der Waals surface area contributed by atoms with Crippen LogP contribution in [0.4, 0.5) is 0 Å². The van der Waals surface area contributed by atoms with Gasteiger partial charge in [-0.05, 0) is 36.2 Å². The van der Waals surface area contributed by atoms with Gasteiger partial charge in [-0.25, -0.2) is 0 Å². The molecule has 0 aliphatic carbocycles. The van der Waals surface area contributed by atoms with Crippen LogP contribution < -0.4 is 25.0 Å². The summed E-state index contributed by atoms with van der Waals surface area (Å²) in [5.74, 6) is 1.70. The second-order valence-electron chi connectivity index (χ2n) is 7.72. The van der Waals surface area contributed by atoms with E-state index in [4.69, 9.17) is 18.6 Å². The number of ether oxygens (including phenoxy) is 3. The van der Waals surface area contributed by atoms with E-state index in [1.165, 1.54) is 13.2 Å². The van der Waals surface area contributed by atoms with E-state index in [-0.39, 0.29) is 24.0 Å². The highest BCUT2D eigenvalue weighted by Gasteiger charge is 2.26. The van der Waals surface area contributed by atoms with E-state index in [1.54, 1.807) is 18.2 Å².